The number of carbonyl (C=O) groups is 2. The summed E-state index contributed by atoms with van der Waals surface area (Å²) < 4.78 is 18.0. The van der Waals surface area contributed by atoms with E-state index in [9.17, 15) is 14.0 Å². The molecule has 0 bridgehead atoms. The number of nitrogens with zero attached hydrogens (tertiary/aromatic N) is 1. The van der Waals surface area contributed by atoms with Gasteiger partial charge in [0, 0.05) is 30.0 Å². The molecule has 3 aromatic rings. The molecule has 8 heteroatoms. The van der Waals surface area contributed by atoms with E-state index in [1.54, 1.807) is 35.7 Å². The molecule has 6 nitrogen and oxygen atoms in total. The SMILES string of the molecule is O=C(/C=C/c1ccco1)NCCC(=O)Nc1nc(-c2ccc(F)cc2)cs1. The molecule has 0 fully saturated rings. The maximum atomic E-state index is 13.0. The molecule has 0 atom stereocenters. The highest BCUT2D eigenvalue weighted by Crippen LogP contribution is 2.25. The fraction of sp³-hybridized carbons (Fsp3) is 0.105. The van der Waals surface area contributed by atoms with E-state index in [1.807, 2.05) is 0 Å². The molecule has 1 aromatic carbocycles. The summed E-state index contributed by atoms with van der Waals surface area (Å²) in [6, 6.07) is 9.42. The maximum Gasteiger partial charge on any atom is 0.244 e. The Morgan fingerprint density at radius 1 is 1.22 bits per heavy atom. The molecule has 2 aromatic heterocycles. The van der Waals surface area contributed by atoms with Crippen LogP contribution >= 0.6 is 11.3 Å². The Bertz CT molecular complexity index is 934. The van der Waals surface area contributed by atoms with Crippen LogP contribution in [0.3, 0.4) is 0 Å². The molecule has 138 valence electrons. The fourth-order valence-electron chi connectivity index (χ4n) is 2.17. The number of rotatable bonds is 7. The number of hydrogen-bond donors (Lipinski definition) is 2. The largest absolute Gasteiger partial charge is 0.465 e. The predicted octanol–water partition coefficient (Wildman–Crippen LogP) is 3.70. The molecule has 2 N–H and O–H groups in total. The third kappa shape index (κ3) is 5.61. The normalized spacial score (nSPS) is 10.9. The summed E-state index contributed by atoms with van der Waals surface area (Å²) in [7, 11) is 0. The zero-order valence-corrected chi connectivity index (χ0v) is 15.0. The Labute approximate surface area is 158 Å². The number of benzene rings is 1. The van der Waals surface area contributed by atoms with E-state index in [0.717, 1.165) is 5.56 Å². The lowest BCUT2D eigenvalue weighted by molar-refractivity contribution is -0.117. The molecule has 0 unspecified atom stereocenters. The summed E-state index contributed by atoms with van der Waals surface area (Å²) in [5.74, 6) is -0.315. The molecule has 0 aliphatic rings. The second kappa shape index (κ2) is 8.91. The first-order chi connectivity index (χ1) is 13.1. The van der Waals surface area contributed by atoms with E-state index in [1.165, 1.54) is 35.8 Å². The van der Waals surface area contributed by atoms with E-state index in [0.29, 0.717) is 16.6 Å². The highest BCUT2D eigenvalue weighted by Gasteiger charge is 2.08. The minimum absolute atomic E-state index is 0.117. The lowest BCUT2D eigenvalue weighted by Gasteiger charge is -2.02. The molecule has 2 heterocycles. The lowest BCUT2D eigenvalue weighted by Crippen LogP contribution is -2.26. The van der Waals surface area contributed by atoms with Crippen LogP contribution in [-0.4, -0.2) is 23.3 Å². The number of nitrogens with one attached hydrogen (secondary N) is 2. The molecule has 0 saturated heterocycles. The molecule has 3 rings (SSSR count). The smallest absolute Gasteiger partial charge is 0.244 e. The molecular weight excluding hydrogens is 369 g/mol. The number of furan rings is 1. The van der Waals surface area contributed by atoms with Gasteiger partial charge in [-0.2, -0.15) is 0 Å². The first-order valence-corrected chi connectivity index (χ1v) is 8.99. The van der Waals surface area contributed by atoms with Crippen molar-refractivity contribution in [3.05, 3.63) is 65.7 Å². The van der Waals surface area contributed by atoms with Gasteiger partial charge in [0.05, 0.1) is 12.0 Å². The summed E-state index contributed by atoms with van der Waals surface area (Å²) >= 11 is 1.28. The zero-order chi connectivity index (χ0) is 19.1. The van der Waals surface area contributed by atoms with E-state index >= 15 is 0 Å². The second-order valence-corrected chi connectivity index (χ2v) is 6.34. The van der Waals surface area contributed by atoms with Crippen LogP contribution in [0.2, 0.25) is 0 Å². The third-order valence-corrected chi connectivity index (χ3v) is 4.24. The van der Waals surface area contributed by atoms with Crippen LogP contribution in [0.25, 0.3) is 17.3 Å². The van der Waals surface area contributed by atoms with Crippen molar-refractivity contribution in [2.24, 2.45) is 0 Å². The average molecular weight is 385 g/mol. The molecule has 0 aliphatic carbocycles. The van der Waals surface area contributed by atoms with E-state index in [2.05, 4.69) is 15.6 Å². The number of hydrogen-bond acceptors (Lipinski definition) is 5. The number of thiazole rings is 1. The first-order valence-electron chi connectivity index (χ1n) is 8.11. The van der Waals surface area contributed by atoms with Gasteiger partial charge in [-0.15, -0.1) is 11.3 Å². The standard InChI is InChI=1S/C19H16FN3O3S/c20-14-5-3-13(4-6-14)16-12-27-19(22-16)23-18(25)9-10-21-17(24)8-7-15-2-1-11-26-15/h1-8,11-12H,9-10H2,(H,21,24)(H,22,23,25)/b8-7+. The summed E-state index contributed by atoms with van der Waals surface area (Å²) in [4.78, 5) is 27.9. The van der Waals surface area contributed by atoms with Gasteiger partial charge in [-0.05, 0) is 42.5 Å². The first kappa shape index (κ1) is 18.5. The van der Waals surface area contributed by atoms with Crippen LogP contribution in [0.1, 0.15) is 12.2 Å². The van der Waals surface area contributed by atoms with Crippen LogP contribution in [0.5, 0.6) is 0 Å². The number of carbonyl (C=O) groups excluding carboxylic acids is 2. The topological polar surface area (TPSA) is 84.2 Å². The quantitative estimate of drug-likeness (QED) is 0.608. The van der Waals surface area contributed by atoms with Gasteiger partial charge in [0.25, 0.3) is 0 Å². The Kier molecular flexibility index (Phi) is 6.11. The van der Waals surface area contributed by atoms with Gasteiger partial charge in [0.1, 0.15) is 11.6 Å². The summed E-state index contributed by atoms with van der Waals surface area (Å²) in [6.07, 6.45) is 4.52. The van der Waals surface area contributed by atoms with Crippen LogP contribution in [0.15, 0.2) is 58.5 Å². The van der Waals surface area contributed by atoms with Crippen LogP contribution in [0, 0.1) is 5.82 Å². The van der Waals surface area contributed by atoms with Gasteiger partial charge < -0.3 is 15.1 Å². The lowest BCUT2D eigenvalue weighted by atomic mass is 10.2. The minimum atomic E-state index is -0.316. The van der Waals surface area contributed by atoms with Gasteiger partial charge in [-0.3, -0.25) is 9.59 Å². The van der Waals surface area contributed by atoms with Crippen molar-refractivity contribution < 1.29 is 18.4 Å². The highest BCUT2D eigenvalue weighted by atomic mass is 32.1. The number of amides is 2. The second-order valence-electron chi connectivity index (χ2n) is 5.48. The Morgan fingerprint density at radius 3 is 2.78 bits per heavy atom. The van der Waals surface area contributed by atoms with Crippen molar-refractivity contribution in [2.45, 2.75) is 6.42 Å². The molecular formula is C19H16FN3O3S. The molecule has 0 spiro atoms. The zero-order valence-electron chi connectivity index (χ0n) is 14.1. The average Bonchev–Trinajstić information content (AvgIpc) is 3.32. The third-order valence-electron chi connectivity index (χ3n) is 3.48. The van der Waals surface area contributed by atoms with E-state index in [-0.39, 0.29) is 30.6 Å². The van der Waals surface area contributed by atoms with E-state index < -0.39 is 0 Å². The van der Waals surface area contributed by atoms with Gasteiger partial charge in [0.2, 0.25) is 11.8 Å². The molecule has 0 aliphatic heterocycles. The van der Waals surface area contributed by atoms with Gasteiger partial charge >= 0.3 is 0 Å². The predicted molar refractivity (Wildman–Crippen MR) is 102 cm³/mol. The summed E-state index contributed by atoms with van der Waals surface area (Å²) in [5, 5.41) is 7.53. The summed E-state index contributed by atoms with van der Waals surface area (Å²) in [5.41, 5.74) is 1.43. The Balaban J connectivity index is 1.43. The fourth-order valence-corrected chi connectivity index (χ4v) is 2.90. The van der Waals surface area contributed by atoms with Crippen LogP contribution in [0.4, 0.5) is 9.52 Å². The Hall–Kier alpha value is -3.26. The van der Waals surface area contributed by atoms with Crippen LogP contribution < -0.4 is 10.6 Å². The van der Waals surface area contributed by atoms with Gasteiger partial charge in [-0.1, -0.05) is 0 Å². The van der Waals surface area contributed by atoms with Crippen molar-refractivity contribution in [3.8, 4) is 11.3 Å². The molecule has 2 amide bonds. The monoisotopic (exact) mass is 385 g/mol. The molecule has 0 radical (unpaired) electrons. The van der Waals surface area contributed by atoms with Crippen molar-refractivity contribution in [1.29, 1.82) is 0 Å². The highest BCUT2D eigenvalue weighted by molar-refractivity contribution is 7.14. The van der Waals surface area contributed by atoms with Crippen molar-refractivity contribution >= 4 is 34.4 Å². The number of aromatic nitrogens is 1. The maximum absolute atomic E-state index is 13.0. The molecule has 0 saturated carbocycles. The Morgan fingerprint density at radius 2 is 2.04 bits per heavy atom. The summed E-state index contributed by atoms with van der Waals surface area (Å²) in [6.45, 7) is 0.198. The van der Waals surface area contributed by atoms with Crippen molar-refractivity contribution in [1.82, 2.24) is 10.3 Å². The number of halogens is 1. The number of anilines is 1. The minimum Gasteiger partial charge on any atom is -0.465 e. The van der Waals surface area contributed by atoms with Crippen LogP contribution in [-0.2, 0) is 9.59 Å². The van der Waals surface area contributed by atoms with Gasteiger partial charge in [-0.25, -0.2) is 9.37 Å². The van der Waals surface area contributed by atoms with Crippen molar-refractivity contribution in [2.75, 3.05) is 11.9 Å². The van der Waals surface area contributed by atoms with Gasteiger partial charge in [0.15, 0.2) is 5.13 Å². The van der Waals surface area contributed by atoms with E-state index in [4.69, 9.17) is 4.42 Å². The van der Waals surface area contributed by atoms with Crippen molar-refractivity contribution in [3.63, 3.8) is 0 Å². The molecule has 27 heavy (non-hydrogen) atoms.